The van der Waals surface area contributed by atoms with E-state index in [0.717, 1.165) is 49.2 Å². The van der Waals surface area contributed by atoms with E-state index in [1.54, 1.807) is 35.5 Å². The molecule has 0 aliphatic rings. The Kier molecular flexibility index (Phi) is 10.6. The van der Waals surface area contributed by atoms with Crippen LogP contribution in [0.15, 0.2) is 30.3 Å². The average molecular weight is 483 g/mol. The summed E-state index contributed by atoms with van der Waals surface area (Å²) in [6.45, 7) is 6.68. The van der Waals surface area contributed by atoms with Gasteiger partial charge in [-0.05, 0) is 66.5 Å². The highest BCUT2D eigenvalue weighted by molar-refractivity contribution is 5.56. The third kappa shape index (κ3) is 6.57. The lowest BCUT2D eigenvalue weighted by Gasteiger charge is -2.34. The van der Waals surface area contributed by atoms with Crippen LogP contribution in [0.4, 0.5) is 0 Å². The van der Waals surface area contributed by atoms with Crippen molar-refractivity contribution in [3.8, 4) is 41.1 Å². The molecule has 2 aromatic rings. The minimum atomic E-state index is -0.421. The van der Waals surface area contributed by atoms with Gasteiger partial charge in [0.1, 0.15) is 0 Å². The maximum Gasteiger partial charge on any atom is 0.203 e. The van der Waals surface area contributed by atoms with Gasteiger partial charge in [-0.25, -0.2) is 0 Å². The SMILES string of the molecule is C#CC(CCCC(C)CCc1ccc(OC)c(OC)c1)(c1cc(OC)c(OC)c(OC)c1)C(C)C. The normalized spacial score (nSPS) is 13.5. The molecule has 0 aliphatic heterocycles. The van der Waals surface area contributed by atoms with Crippen LogP contribution in [0.3, 0.4) is 0 Å². The van der Waals surface area contributed by atoms with Crippen LogP contribution >= 0.6 is 0 Å². The van der Waals surface area contributed by atoms with Gasteiger partial charge in [-0.2, -0.15) is 0 Å². The first-order valence-electron chi connectivity index (χ1n) is 12.3. The summed E-state index contributed by atoms with van der Waals surface area (Å²) in [7, 11) is 8.21. The van der Waals surface area contributed by atoms with Crippen molar-refractivity contribution in [2.75, 3.05) is 35.5 Å². The van der Waals surface area contributed by atoms with Gasteiger partial charge < -0.3 is 23.7 Å². The summed E-state index contributed by atoms with van der Waals surface area (Å²) < 4.78 is 27.5. The summed E-state index contributed by atoms with van der Waals surface area (Å²) >= 11 is 0. The lowest BCUT2D eigenvalue weighted by Crippen LogP contribution is -2.31. The van der Waals surface area contributed by atoms with Crippen molar-refractivity contribution in [3.63, 3.8) is 0 Å². The van der Waals surface area contributed by atoms with E-state index in [2.05, 4.69) is 38.8 Å². The maximum atomic E-state index is 6.21. The van der Waals surface area contributed by atoms with Gasteiger partial charge in [0.15, 0.2) is 23.0 Å². The molecule has 0 amide bonds. The molecule has 2 atom stereocenters. The predicted molar refractivity (Wildman–Crippen MR) is 142 cm³/mol. The van der Waals surface area contributed by atoms with Gasteiger partial charge in [0.05, 0.1) is 41.0 Å². The monoisotopic (exact) mass is 482 g/mol. The second-order valence-corrected chi connectivity index (χ2v) is 9.41. The van der Waals surface area contributed by atoms with Gasteiger partial charge in [0.25, 0.3) is 0 Å². The van der Waals surface area contributed by atoms with Crippen molar-refractivity contribution in [2.45, 2.75) is 58.3 Å². The van der Waals surface area contributed by atoms with E-state index in [9.17, 15) is 0 Å². The molecule has 192 valence electrons. The number of aryl methyl sites for hydroxylation is 1. The topological polar surface area (TPSA) is 46.2 Å². The van der Waals surface area contributed by atoms with Crippen LogP contribution in [-0.4, -0.2) is 35.5 Å². The van der Waals surface area contributed by atoms with Crippen LogP contribution in [0, 0.1) is 24.2 Å². The predicted octanol–water partition coefficient (Wildman–Crippen LogP) is 6.70. The van der Waals surface area contributed by atoms with Crippen molar-refractivity contribution in [3.05, 3.63) is 41.5 Å². The van der Waals surface area contributed by atoms with E-state index < -0.39 is 5.41 Å². The first-order valence-corrected chi connectivity index (χ1v) is 12.3. The number of terminal acetylenes is 1. The Hall–Kier alpha value is -3.00. The fraction of sp³-hybridized carbons (Fsp3) is 0.533. The third-order valence-corrected chi connectivity index (χ3v) is 7.06. The molecule has 35 heavy (non-hydrogen) atoms. The quantitative estimate of drug-likeness (QED) is 0.281. The highest BCUT2D eigenvalue weighted by Gasteiger charge is 2.35. The van der Waals surface area contributed by atoms with E-state index in [-0.39, 0.29) is 5.92 Å². The lowest BCUT2D eigenvalue weighted by molar-refractivity contribution is 0.314. The van der Waals surface area contributed by atoms with Crippen molar-refractivity contribution >= 4 is 0 Å². The molecule has 0 spiro atoms. The fourth-order valence-corrected chi connectivity index (χ4v) is 4.75. The van der Waals surface area contributed by atoms with Crippen LogP contribution in [0.25, 0.3) is 0 Å². The Morgan fingerprint density at radius 3 is 1.86 bits per heavy atom. The smallest absolute Gasteiger partial charge is 0.203 e. The average Bonchev–Trinajstić information content (AvgIpc) is 2.88. The Balaban J connectivity index is 2.11. The van der Waals surface area contributed by atoms with E-state index in [0.29, 0.717) is 23.2 Å². The summed E-state index contributed by atoms with van der Waals surface area (Å²) in [5.41, 5.74) is 1.87. The molecule has 0 fully saturated rings. The Morgan fingerprint density at radius 2 is 1.37 bits per heavy atom. The lowest BCUT2D eigenvalue weighted by atomic mass is 9.68. The van der Waals surface area contributed by atoms with Crippen molar-refractivity contribution in [1.29, 1.82) is 0 Å². The summed E-state index contributed by atoms with van der Waals surface area (Å²) in [5.74, 6) is 7.35. The van der Waals surface area contributed by atoms with E-state index in [4.69, 9.17) is 30.1 Å². The van der Waals surface area contributed by atoms with E-state index in [1.807, 2.05) is 18.2 Å². The largest absolute Gasteiger partial charge is 0.493 e. The molecule has 0 aromatic heterocycles. The number of ether oxygens (including phenoxy) is 5. The Labute approximate surface area is 212 Å². The molecule has 2 unspecified atom stereocenters. The van der Waals surface area contributed by atoms with Crippen LogP contribution in [0.2, 0.25) is 0 Å². The zero-order valence-electron chi connectivity index (χ0n) is 22.7. The van der Waals surface area contributed by atoms with Crippen molar-refractivity contribution in [1.82, 2.24) is 0 Å². The first-order chi connectivity index (χ1) is 16.8. The molecule has 0 bridgehead atoms. The van der Waals surface area contributed by atoms with Crippen LogP contribution in [0.1, 0.15) is 57.6 Å². The number of methoxy groups -OCH3 is 5. The number of rotatable bonds is 14. The fourth-order valence-electron chi connectivity index (χ4n) is 4.75. The number of hydrogen-bond acceptors (Lipinski definition) is 5. The molecular weight excluding hydrogens is 440 g/mol. The molecular formula is C30H42O5. The molecule has 0 heterocycles. The summed E-state index contributed by atoms with van der Waals surface area (Å²) in [4.78, 5) is 0. The molecule has 2 rings (SSSR count). The molecule has 2 aromatic carbocycles. The van der Waals surface area contributed by atoms with Crippen LogP contribution in [0.5, 0.6) is 28.7 Å². The first kappa shape index (κ1) is 28.2. The number of hydrogen-bond donors (Lipinski definition) is 0. The molecule has 0 saturated carbocycles. The highest BCUT2D eigenvalue weighted by Crippen LogP contribution is 2.45. The van der Waals surface area contributed by atoms with Gasteiger partial charge in [0, 0.05) is 0 Å². The Bertz CT molecular complexity index is 966. The van der Waals surface area contributed by atoms with Gasteiger partial charge in [-0.3, -0.25) is 0 Å². The molecule has 0 saturated heterocycles. The number of benzene rings is 2. The molecule has 5 heteroatoms. The van der Waals surface area contributed by atoms with Gasteiger partial charge in [0.2, 0.25) is 5.75 Å². The van der Waals surface area contributed by atoms with Crippen molar-refractivity contribution < 1.29 is 23.7 Å². The van der Waals surface area contributed by atoms with Crippen molar-refractivity contribution in [2.24, 2.45) is 11.8 Å². The van der Waals surface area contributed by atoms with E-state index in [1.165, 1.54) is 5.56 Å². The summed E-state index contributed by atoms with van der Waals surface area (Å²) in [6.07, 6.45) is 11.3. The van der Waals surface area contributed by atoms with E-state index >= 15 is 0 Å². The second kappa shape index (κ2) is 13.2. The second-order valence-electron chi connectivity index (χ2n) is 9.41. The minimum Gasteiger partial charge on any atom is -0.493 e. The third-order valence-electron chi connectivity index (χ3n) is 7.06. The molecule has 0 radical (unpaired) electrons. The minimum absolute atomic E-state index is 0.248. The standard InChI is InChI=1S/C30H42O5/c1-10-30(21(2)3,24-19-27(33-7)29(35-9)28(20-24)34-8)17-11-12-22(4)13-14-23-15-16-25(31-5)26(18-23)32-6/h1,15-16,18-22H,11-14,17H2,2-9H3. The van der Waals surface area contributed by atoms with Gasteiger partial charge >= 0.3 is 0 Å². The molecule has 5 nitrogen and oxygen atoms in total. The van der Waals surface area contributed by atoms with Crippen LogP contribution in [-0.2, 0) is 11.8 Å². The highest BCUT2D eigenvalue weighted by atomic mass is 16.5. The zero-order chi connectivity index (χ0) is 26.0. The molecule has 0 aliphatic carbocycles. The molecule has 0 N–H and O–H groups in total. The summed E-state index contributed by atoms with van der Waals surface area (Å²) in [5, 5.41) is 0. The zero-order valence-corrected chi connectivity index (χ0v) is 22.7. The maximum absolute atomic E-state index is 6.21. The summed E-state index contributed by atoms with van der Waals surface area (Å²) in [6, 6.07) is 10.2. The van der Waals surface area contributed by atoms with Crippen LogP contribution < -0.4 is 23.7 Å². The van der Waals surface area contributed by atoms with Gasteiger partial charge in [-0.1, -0.05) is 45.6 Å². The van der Waals surface area contributed by atoms with Gasteiger partial charge in [-0.15, -0.1) is 6.42 Å². The Morgan fingerprint density at radius 1 is 0.771 bits per heavy atom.